The molecule has 41 heavy (non-hydrogen) atoms. The molecule has 1 aromatic rings. The fourth-order valence-corrected chi connectivity index (χ4v) is 7.02. The molecule has 0 radical (unpaired) electrons. The van der Waals surface area contributed by atoms with Crippen LogP contribution in [0.15, 0.2) is 30.3 Å². The molecule has 1 saturated carbocycles. The van der Waals surface area contributed by atoms with E-state index in [0.717, 1.165) is 31.2 Å². The predicted molar refractivity (Wildman–Crippen MR) is 152 cm³/mol. The van der Waals surface area contributed by atoms with Crippen molar-refractivity contribution < 1.29 is 33.6 Å². The van der Waals surface area contributed by atoms with Gasteiger partial charge in [-0.1, -0.05) is 44.2 Å². The molecule has 10 heteroatoms. The number of carbonyl (C=O) groups is 2. The Balaban J connectivity index is 1.26. The molecule has 228 valence electrons. The molecule has 3 saturated heterocycles. The normalized spacial score (nSPS) is 30.2. The van der Waals surface area contributed by atoms with Gasteiger partial charge in [0.2, 0.25) is 0 Å². The van der Waals surface area contributed by atoms with Crippen molar-refractivity contribution in [2.45, 2.75) is 76.6 Å². The Kier molecular flexibility index (Phi) is 10.1. The Morgan fingerprint density at radius 1 is 1.17 bits per heavy atom. The van der Waals surface area contributed by atoms with Gasteiger partial charge >= 0.3 is 12.1 Å². The quantitative estimate of drug-likeness (QED) is 0.418. The zero-order valence-corrected chi connectivity index (χ0v) is 24.7. The molecule has 4 aliphatic rings. The average molecular weight is 574 g/mol. The van der Waals surface area contributed by atoms with Gasteiger partial charge in [0.05, 0.1) is 38.0 Å². The Labute approximate surface area is 243 Å². The van der Waals surface area contributed by atoms with Crippen LogP contribution in [-0.2, 0) is 25.4 Å². The molecule has 10 nitrogen and oxygen atoms in total. The molecule has 4 fully saturated rings. The molecule has 2 N–H and O–H groups in total. The summed E-state index contributed by atoms with van der Waals surface area (Å²) in [6.45, 7) is 7.23. The van der Waals surface area contributed by atoms with E-state index in [1.807, 2.05) is 35.2 Å². The number of nitrogens with one attached hydrogen (secondary N) is 1. The van der Waals surface area contributed by atoms with Gasteiger partial charge in [0.1, 0.15) is 6.10 Å². The van der Waals surface area contributed by atoms with Gasteiger partial charge < -0.3 is 39.2 Å². The van der Waals surface area contributed by atoms with Crippen LogP contribution < -0.4 is 5.32 Å². The highest BCUT2D eigenvalue weighted by Gasteiger charge is 2.53. The van der Waals surface area contributed by atoms with E-state index in [4.69, 9.17) is 18.9 Å². The number of alkyl carbamates (subject to hydrolysis) is 1. The molecular formula is C31H47N3O7. The van der Waals surface area contributed by atoms with E-state index < -0.39 is 18.2 Å². The number of hydrogen-bond acceptors (Lipinski definition) is 7. The maximum Gasteiger partial charge on any atom is 0.407 e. The van der Waals surface area contributed by atoms with Gasteiger partial charge in [-0.3, -0.25) is 0 Å². The van der Waals surface area contributed by atoms with Crippen LogP contribution in [0, 0.1) is 23.7 Å². The topological polar surface area (TPSA) is 110 Å². The van der Waals surface area contributed by atoms with Crippen LogP contribution in [0.2, 0.25) is 0 Å². The Morgan fingerprint density at radius 2 is 1.98 bits per heavy atom. The van der Waals surface area contributed by atoms with E-state index in [1.54, 1.807) is 12.0 Å². The van der Waals surface area contributed by atoms with Crippen LogP contribution >= 0.6 is 0 Å². The summed E-state index contributed by atoms with van der Waals surface area (Å²) in [6.07, 6.45) is 1.86. The van der Waals surface area contributed by atoms with Crippen LogP contribution in [0.5, 0.6) is 0 Å². The Bertz CT molecular complexity index is 1000. The third-order valence-electron chi connectivity index (χ3n) is 8.90. The molecule has 3 bridgehead atoms. The summed E-state index contributed by atoms with van der Waals surface area (Å²) < 4.78 is 23.1. The van der Waals surface area contributed by atoms with Crippen molar-refractivity contribution in [2.24, 2.45) is 23.7 Å². The van der Waals surface area contributed by atoms with Gasteiger partial charge in [0.25, 0.3) is 0 Å². The molecule has 6 unspecified atom stereocenters. The first-order valence-electron chi connectivity index (χ1n) is 15.3. The number of aliphatic hydroxyl groups excluding tert-OH is 1. The average Bonchev–Trinajstić information content (AvgIpc) is 3.25. The summed E-state index contributed by atoms with van der Waals surface area (Å²) in [4.78, 5) is 30.6. The van der Waals surface area contributed by atoms with E-state index in [2.05, 4.69) is 19.2 Å². The van der Waals surface area contributed by atoms with Crippen molar-refractivity contribution in [2.75, 3.05) is 46.5 Å². The number of piperidine rings is 1. The maximum absolute atomic E-state index is 13.7. The number of benzene rings is 1. The number of likely N-dealkylation sites (tertiary alicyclic amines) is 1. The molecule has 0 spiro atoms. The zero-order valence-electron chi connectivity index (χ0n) is 24.7. The minimum Gasteiger partial charge on any atom is -0.443 e. The molecule has 3 aliphatic heterocycles. The summed E-state index contributed by atoms with van der Waals surface area (Å²) >= 11 is 0. The molecule has 5 rings (SSSR count). The lowest BCUT2D eigenvalue weighted by Gasteiger charge is -2.38. The summed E-state index contributed by atoms with van der Waals surface area (Å²) in [5, 5.41) is 14.5. The molecule has 3 amide bonds. The van der Waals surface area contributed by atoms with Gasteiger partial charge in [-0.05, 0) is 43.6 Å². The number of ether oxygens (including phenoxy) is 4. The van der Waals surface area contributed by atoms with Gasteiger partial charge in [0.15, 0.2) is 6.29 Å². The highest BCUT2D eigenvalue weighted by Crippen LogP contribution is 2.46. The maximum atomic E-state index is 13.7. The molecule has 0 aromatic heterocycles. The second-order valence-corrected chi connectivity index (χ2v) is 12.7. The fraction of sp³-hybridized carbons (Fsp3) is 0.742. The number of urea groups is 1. The van der Waals surface area contributed by atoms with E-state index in [1.165, 1.54) is 0 Å². The summed E-state index contributed by atoms with van der Waals surface area (Å²) in [5.41, 5.74) is 0.976. The largest absolute Gasteiger partial charge is 0.443 e. The van der Waals surface area contributed by atoms with Crippen molar-refractivity contribution in [3.8, 4) is 0 Å². The van der Waals surface area contributed by atoms with Crippen molar-refractivity contribution in [1.82, 2.24) is 15.1 Å². The predicted octanol–water partition coefficient (Wildman–Crippen LogP) is 3.27. The summed E-state index contributed by atoms with van der Waals surface area (Å²) in [7, 11) is 1.69. The lowest BCUT2D eigenvalue weighted by Crippen LogP contribution is -2.55. The van der Waals surface area contributed by atoms with Gasteiger partial charge in [-0.15, -0.1) is 0 Å². The van der Waals surface area contributed by atoms with Gasteiger partial charge in [-0.25, -0.2) is 9.59 Å². The number of methoxy groups -OCH3 is 1. The van der Waals surface area contributed by atoms with Crippen LogP contribution in [0.4, 0.5) is 9.59 Å². The monoisotopic (exact) mass is 573 g/mol. The first-order valence-corrected chi connectivity index (χ1v) is 15.3. The van der Waals surface area contributed by atoms with Crippen LogP contribution in [-0.4, -0.2) is 104 Å². The van der Waals surface area contributed by atoms with Crippen LogP contribution in [0.25, 0.3) is 0 Å². The van der Waals surface area contributed by atoms with Crippen LogP contribution in [0.1, 0.15) is 45.1 Å². The number of aliphatic hydroxyl groups is 1. The summed E-state index contributed by atoms with van der Waals surface area (Å²) in [5.74, 6) is 1.02. The van der Waals surface area contributed by atoms with Crippen molar-refractivity contribution in [3.05, 3.63) is 35.9 Å². The third kappa shape index (κ3) is 7.52. The third-order valence-corrected chi connectivity index (χ3v) is 8.90. The van der Waals surface area contributed by atoms with E-state index >= 15 is 0 Å². The minimum atomic E-state index is -0.998. The second-order valence-electron chi connectivity index (χ2n) is 12.7. The Morgan fingerprint density at radius 3 is 2.73 bits per heavy atom. The highest BCUT2D eigenvalue weighted by molar-refractivity contribution is 5.74. The molecule has 1 aromatic carbocycles. The first-order chi connectivity index (χ1) is 19.8. The molecule has 3 heterocycles. The standard InChI is InChI=1S/C31H47N3O7/c1-20(2)15-34(31(37)33-11-7-10-22(16-33)18-38-3)17-26(35)25(12-21-8-5-4-6-9-21)32-30(36)41-28-24-13-23-14-27(28)40-29(23)39-19-24/h4-6,8-9,20,22-29,35H,7,10-19H2,1-3H3,(H,32,36)/t22?,23?,24?,25-,26+,27?,28?,29?/m0/s1. The Hall–Kier alpha value is -2.40. The zero-order chi connectivity index (χ0) is 28.9. The summed E-state index contributed by atoms with van der Waals surface area (Å²) in [6, 6.07) is 9.02. The van der Waals surface area contributed by atoms with Gasteiger partial charge in [-0.2, -0.15) is 0 Å². The second kappa shape index (κ2) is 13.7. The van der Waals surface area contributed by atoms with E-state index in [0.29, 0.717) is 51.1 Å². The minimum absolute atomic E-state index is 0.0782. The fourth-order valence-electron chi connectivity index (χ4n) is 7.02. The number of nitrogens with zero attached hydrogens (tertiary/aromatic N) is 2. The van der Waals surface area contributed by atoms with Crippen molar-refractivity contribution in [1.29, 1.82) is 0 Å². The number of rotatable bonds is 11. The molecule has 1 aliphatic carbocycles. The number of carbonyl (C=O) groups excluding carboxylic acids is 2. The molecule has 8 atom stereocenters. The highest BCUT2D eigenvalue weighted by atomic mass is 16.7. The van der Waals surface area contributed by atoms with Gasteiger partial charge in [0, 0.05) is 44.5 Å². The van der Waals surface area contributed by atoms with Crippen molar-refractivity contribution in [3.63, 3.8) is 0 Å². The SMILES string of the molecule is COCC1CCCN(C(=O)N(CC(C)C)C[C@@H](O)[C@H](Cc2ccccc2)NC(=O)OC2C3COC4OC2CC4C3)C1. The number of amides is 3. The smallest absolute Gasteiger partial charge is 0.407 e. The number of fused-ring (bicyclic) bond motifs is 2. The number of hydrogen-bond donors (Lipinski definition) is 2. The van der Waals surface area contributed by atoms with E-state index in [9.17, 15) is 14.7 Å². The first kappa shape index (κ1) is 30.1. The lowest BCUT2D eigenvalue weighted by molar-refractivity contribution is -0.153. The van der Waals surface area contributed by atoms with Crippen molar-refractivity contribution >= 4 is 12.1 Å². The molecular weight excluding hydrogens is 526 g/mol. The lowest BCUT2D eigenvalue weighted by atomic mass is 9.78. The van der Waals surface area contributed by atoms with Crippen LogP contribution in [0.3, 0.4) is 0 Å². The van der Waals surface area contributed by atoms with E-state index in [-0.39, 0.29) is 42.9 Å².